The first-order valence-electron chi connectivity index (χ1n) is 6.49. The van der Waals surface area contributed by atoms with E-state index in [1.54, 1.807) is 6.07 Å². The van der Waals surface area contributed by atoms with Crippen molar-refractivity contribution in [3.8, 4) is 5.75 Å². The van der Waals surface area contributed by atoms with Crippen molar-refractivity contribution in [1.29, 1.82) is 0 Å². The summed E-state index contributed by atoms with van der Waals surface area (Å²) >= 11 is 0. The number of nitrogens with one attached hydrogen (secondary N) is 1. The van der Waals surface area contributed by atoms with Crippen LogP contribution in [0.3, 0.4) is 0 Å². The van der Waals surface area contributed by atoms with E-state index in [1.165, 1.54) is 12.1 Å². The van der Waals surface area contributed by atoms with Gasteiger partial charge in [0.2, 0.25) is 0 Å². The van der Waals surface area contributed by atoms with E-state index < -0.39 is 21.8 Å². The highest BCUT2D eigenvalue weighted by Crippen LogP contribution is 2.24. The molecule has 108 valence electrons. The number of nitrogens with zero attached hydrogens (tertiary/aromatic N) is 1. The van der Waals surface area contributed by atoms with Gasteiger partial charge in [0.05, 0.1) is 18.1 Å². The van der Waals surface area contributed by atoms with E-state index in [2.05, 4.69) is 10.3 Å². The molecule has 1 unspecified atom stereocenters. The van der Waals surface area contributed by atoms with Crippen LogP contribution >= 0.6 is 0 Å². The normalized spacial score (nSPS) is 24.2. The van der Waals surface area contributed by atoms with Crippen LogP contribution in [0.1, 0.15) is 12.0 Å². The van der Waals surface area contributed by atoms with Crippen LogP contribution in [0.25, 0.3) is 0 Å². The van der Waals surface area contributed by atoms with Gasteiger partial charge in [0, 0.05) is 12.1 Å². The molecule has 0 aromatic heterocycles. The van der Waals surface area contributed by atoms with Gasteiger partial charge in [-0.1, -0.05) is 0 Å². The Morgan fingerprint density at radius 3 is 2.85 bits per heavy atom. The maximum Gasteiger partial charge on any atom is 0.165 e. The van der Waals surface area contributed by atoms with Crippen LogP contribution in [-0.2, 0) is 9.84 Å². The maximum atomic E-state index is 14.0. The molecule has 0 radical (unpaired) electrons. The lowest BCUT2D eigenvalue weighted by atomic mass is 10.2. The lowest BCUT2D eigenvalue weighted by molar-refractivity contribution is 0.218. The molecule has 3 rings (SSSR count). The second-order valence-corrected chi connectivity index (χ2v) is 7.17. The standard InChI is InChI=1S/C13H15FN2O3S/c14-11-7-9(13-15-4-5-16-13)1-2-12(11)19-10-3-6-20(17,18)8-10/h1-2,7,10H,3-6,8H2,(H,15,16). The number of hydrogen-bond acceptors (Lipinski definition) is 5. The van der Waals surface area contributed by atoms with Crippen molar-refractivity contribution in [3.05, 3.63) is 29.6 Å². The Balaban J connectivity index is 1.75. The average Bonchev–Trinajstić information content (AvgIpc) is 3.01. The first kappa shape index (κ1) is 13.4. The summed E-state index contributed by atoms with van der Waals surface area (Å²) in [6, 6.07) is 4.60. The Kier molecular flexibility index (Phi) is 3.37. The topological polar surface area (TPSA) is 67.8 Å². The molecule has 20 heavy (non-hydrogen) atoms. The second kappa shape index (κ2) is 5.05. The molecule has 1 aromatic carbocycles. The summed E-state index contributed by atoms with van der Waals surface area (Å²) in [6.07, 6.45) is -0.0417. The van der Waals surface area contributed by atoms with Gasteiger partial charge in [-0.25, -0.2) is 12.8 Å². The van der Waals surface area contributed by atoms with Gasteiger partial charge in [-0.2, -0.15) is 0 Å². The zero-order valence-electron chi connectivity index (χ0n) is 10.8. The third kappa shape index (κ3) is 2.77. The Bertz CT molecular complexity index is 658. The lowest BCUT2D eigenvalue weighted by Crippen LogP contribution is -2.20. The number of rotatable bonds is 3. The Morgan fingerprint density at radius 1 is 1.40 bits per heavy atom. The van der Waals surface area contributed by atoms with E-state index in [0.717, 1.165) is 6.54 Å². The minimum atomic E-state index is -3.03. The number of hydrogen-bond donors (Lipinski definition) is 1. The summed E-state index contributed by atoms with van der Waals surface area (Å²) in [5.74, 6) is 0.345. The van der Waals surface area contributed by atoms with Crippen LogP contribution in [0.4, 0.5) is 4.39 Å². The molecule has 0 aliphatic carbocycles. The predicted octanol–water partition coefficient (Wildman–Crippen LogP) is 0.741. The van der Waals surface area contributed by atoms with Crippen LogP contribution < -0.4 is 10.1 Å². The van der Waals surface area contributed by atoms with E-state index in [1.807, 2.05) is 0 Å². The quantitative estimate of drug-likeness (QED) is 0.894. The molecule has 1 N–H and O–H groups in total. The van der Waals surface area contributed by atoms with Crippen molar-refractivity contribution in [2.75, 3.05) is 24.6 Å². The molecule has 1 aromatic rings. The van der Waals surface area contributed by atoms with Gasteiger partial charge in [0.15, 0.2) is 21.4 Å². The van der Waals surface area contributed by atoms with Crippen LogP contribution in [-0.4, -0.2) is 45.0 Å². The molecule has 0 saturated carbocycles. The third-order valence-corrected chi connectivity index (χ3v) is 5.10. The number of sulfone groups is 1. The number of halogens is 1. The van der Waals surface area contributed by atoms with Crippen LogP contribution in [0, 0.1) is 5.82 Å². The molecule has 2 heterocycles. The molecule has 2 aliphatic heterocycles. The van der Waals surface area contributed by atoms with Crippen molar-refractivity contribution < 1.29 is 17.5 Å². The number of ether oxygens (including phenoxy) is 1. The average molecular weight is 298 g/mol. The zero-order valence-corrected chi connectivity index (χ0v) is 11.6. The van der Waals surface area contributed by atoms with Crippen LogP contribution in [0.5, 0.6) is 5.75 Å². The highest BCUT2D eigenvalue weighted by Gasteiger charge is 2.30. The van der Waals surface area contributed by atoms with Crippen LogP contribution in [0.15, 0.2) is 23.2 Å². The van der Waals surface area contributed by atoms with Crippen molar-refractivity contribution in [2.45, 2.75) is 12.5 Å². The van der Waals surface area contributed by atoms with Gasteiger partial charge >= 0.3 is 0 Å². The molecule has 0 amide bonds. The van der Waals surface area contributed by atoms with Gasteiger partial charge in [-0.3, -0.25) is 4.99 Å². The molecule has 5 nitrogen and oxygen atoms in total. The number of benzene rings is 1. The largest absolute Gasteiger partial charge is 0.486 e. The summed E-state index contributed by atoms with van der Waals surface area (Å²) in [5.41, 5.74) is 0.673. The van der Waals surface area contributed by atoms with Gasteiger partial charge in [-0.05, 0) is 24.6 Å². The predicted molar refractivity (Wildman–Crippen MR) is 73.5 cm³/mol. The number of amidine groups is 1. The lowest BCUT2D eigenvalue weighted by Gasteiger charge is -2.13. The minimum Gasteiger partial charge on any atom is -0.486 e. The molecule has 1 atom stereocenters. The maximum absolute atomic E-state index is 14.0. The first-order chi connectivity index (χ1) is 9.53. The first-order valence-corrected chi connectivity index (χ1v) is 8.31. The molecule has 7 heteroatoms. The SMILES string of the molecule is O=S1(=O)CCC(Oc2ccc(C3=NCCN3)cc2F)C1. The fourth-order valence-electron chi connectivity index (χ4n) is 2.37. The van der Waals surface area contributed by atoms with E-state index in [4.69, 9.17) is 4.74 Å². The smallest absolute Gasteiger partial charge is 0.165 e. The summed E-state index contributed by atoms with van der Waals surface area (Å²) in [7, 11) is -3.03. The Morgan fingerprint density at radius 2 is 2.25 bits per heavy atom. The summed E-state index contributed by atoms with van der Waals surface area (Å²) in [5, 5.41) is 3.07. The molecule has 0 bridgehead atoms. The molecule has 2 aliphatic rings. The molecule has 1 saturated heterocycles. The fourth-order valence-corrected chi connectivity index (χ4v) is 3.96. The van der Waals surface area contributed by atoms with Crippen molar-refractivity contribution in [1.82, 2.24) is 5.32 Å². The van der Waals surface area contributed by atoms with Gasteiger partial charge in [0.25, 0.3) is 0 Å². The monoisotopic (exact) mass is 298 g/mol. The highest BCUT2D eigenvalue weighted by molar-refractivity contribution is 7.91. The number of aliphatic imine (C=N–C) groups is 1. The molecular weight excluding hydrogens is 283 g/mol. The van der Waals surface area contributed by atoms with E-state index in [9.17, 15) is 12.8 Å². The summed E-state index contributed by atoms with van der Waals surface area (Å²) < 4.78 is 42.1. The highest BCUT2D eigenvalue weighted by atomic mass is 32.2. The van der Waals surface area contributed by atoms with Gasteiger partial charge in [0.1, 0.15) is 11.9 Å². The third-order valence-electron chi connectivity index (χ3n) is 3.36. The van der Waals surface area contributed by atoms with Gasteiger partial charge in [-0.15, -0.1) is 0 Å². The van der Waals surface area contributed by atoms with Crippen LogP contribution in [0.2, 0.25) is 0 Å². The van der Waals surface area contributed by atoms with Crippen molar-refractivity contribution >= 4 is 15.7 Å². The van der Waals surface area contributed by atoms with Crippen molar-refractivity contribution in [2.24, 2.45) is 4.99 Å². The zero-order chi connectivity index (χ0) is 14.2. The van der Waals surface area contributed by atoms with E-state index in [-0.39, 0.29) is 17.3 Å². The minimum absolute atomic E-state index is 0.0392. The van der Waals surface area contributed by atoms with E-state index in [0.29, 0.717) is 24.4 Å². The molecular formula is C13H15FN2O3S. The molecule has 1 fully saturated rings. The van der Waals surface area contributed by atoms with E-state index >= 15 is 0 Å². The summed E-state index contributed by atoms with van der Waals surface area (Å²) in [6.45, 7) is 1.45. The van der Waals surface area contributed by atoms with Crippen molar-refractivity contribution in [3.63, 3.8) is 0 Å². The second-order valence-electron chi connectivity index (χ2n) is 4.95. The summed E-state index contributed by atoms with van der Waals surface area (Å²) in [4.78, 5) is 4.22. The van der Waals surface area contributed by atoms with Gasteiger partial charge < -0.3 is 10.1 Å². The fraction of sp³-hybridized carbons (Fsp3) is 0.462. The Hall–Kier alpha value is -1.63. The molecule has 0 spiro atoms. The Labute approximate surface area is 116 Å².